The van der Waals surface area contributed by atoms with Crippen molar-refractivity contribution >= 4 is 5.91 Å². The molecule has 5 heteroatoms. The van der Waals surface area contributed by atoms with E-state index < -0.39 is 11.9 Å². The number of aliphatic hydroxyl groups excluding tert-OH is 1. The second kappa shape index (κ2) is 5.97. The fraction of sp³-hybridized carbons (Fsp3) is 0.143. The topological polar surface area (TPSA) is 82.2 Å². The second-order valence-electron chi connectivity index (χ2n) is 4.06. The van der Waals surface area contributed by atoms with Gasteiger partial charge in [0.25, 0.3) is 5.91 Å². The number of benzene rings is 1. The lowest BCUT2D eigenvalue weighted by Crippen LogP contribution is -2.31. The number of hydrogen-bond acceptors (Lipinski definition) is 3. The van der Waals surface area contributed by atoms with Gasteiger partial charge in [0.1, 0.15) is 0 Å². The number of aromatic amines is 1. The Morgan fingerprint density at radius 3 is 2.63 bits per heavy atom. The Balaban J connectivity index is 2.15. The number of rotatable bonds is 4. The van der Waals surface area contributed by atoms with Gasteiger partial charge in [0.2, 0.25) is 5.56 Å². The first kappa shape index (κ1) is 13.0. The fourth-order valence-electron chi connectivity index (χ4n) is 1.75. The van der Waals surface area contributed by atoms with Crippen molar-refractivity contribution in [2.45, 2.75) is 6.04 Å². The van der Waals surface area contributed by atoms with Crippen molar-refractivity contribution < 1.29 is 9.90 Å². The molecule has 1 heterocycles. The number of carbonyl (C=O) groups is 1. The Bertz CT molecular complexity index is 607. The molecule has 0 saturated carbocycles. The smallest absolute Gasteiger partial charge is 0.252 e. The lowest BCUT2D eigenvalue weighted by Gasteiger charge is -2.16. The van der Waals surface area contributed by atoms with E-state index in [0.717, 1.165) is 5.56 Å². The Kier molecular flexibility index (Phi) is 4.10. The average molecular weight is 258 g/mol. The van der Waals surface area contributed by atoms with Gasteiger partial charge in [-0.25, -0.2) is 0 Å². The van der Waals surface area contributed by atoms with Crippen LogP contribution in [0.2, 0.25) is 0 Å². The Hall–Kier alpha value is -2.40. The largest absolute Gasteiger partial charge is 0.394 e. The first-order valence-electron chi connectivity index (χ1n) is 5.86. The molecule has 1 amide bonds. The van der Waals surface area contributed by atoms with E-state index in [0.29, 0.717) is 0 Å². The van der Waals surface area contributed by atoms with Crippen molar-refractivity contribution in [2.24, 2.45) is 0 Å². The summed E-state index contributed by atoms with van der Waals surface area (Å²) in [5.74, 6) is -0.394. The molecule has 0 aliphatic rings. The fourth-order valence-corrected chi connectivity index (χ4v) is 1.75. The monoisotopic (exact) mass is 258 g/mol. The minimum Gasteiger partial charge on any atom is -0.394 e. The van der Waals surface area contributed by atoms with Gasteiger partial charge in [0.15, 0.2) is 0 Å². The van der Waals surface area contributed by atoms with Crippen LogP contribution in [0.5, 0.6) is 0 Å². The highest BCUT2D eigenvalue weighted by Crippen LogP contribution is 2.12. The highest BCUT2D eigenvalue weighted by Gasteiger charge is 2.14. The van der Waals surface area contributed by atoms with Gasteiger partial charge < -0.3 is 15.4 Å². The first-order valence-corrected chi connectivity index (χ1v) is 5.86. The molecular formula is C14H14N2O3. The predicted octanol–water partition coefficient (Wildman–Crippen LogP) is 0.838. The first-order chi connectivity index (χ1) is 9.20. The standard InChI is InChI=1S/C14H14N2O3/c17-9-12(10-4-2-1-3-5-10)16-14(19)11-6-7-15-13(18)8-11/h1-8,12,17H,9H2,(H,15,18)(H,16,19)/t12-/m1/s1. The summed E-state index contributed by atoms with van der Waals surface area (Å²) in [5.41, 5.74) is 0.731. The summed E-state index contributed by atoms with van der Waals surface area (Å²) in [6, 6.07) is 11.4. The minimum atomic E-state index is -0.493. The average Bonchev–Trinajstić information content (AvgIpc) is 2.45. The molecule has 0 radical (unpaired) electrons. The van der Waals surface area contributed by atoms with Gasteiger partial charge >= 0.3 is 0 Å². The summed E-state index contributed by atoms with van der Waals surface area (Å²) < 4.78 is 0. The third-order valence-corrected chi connectivity index (χ3v) is 2.73. The minimum absolute atomic E-state index is 0.209. The van der Waals surface area contributed by atoms with Crippen LogP contribution >= 0.6 is 0 Å². The van der Waals surface area contributed by atoms with Gasteiger partial charge in [-0.2, -0.15) is 0 Å². The van der Waals surface area contributed by atoms with Crippen molar-refractivity contribution in [3.8, 4) is 0 Å². The van der Waals surface area contributed by atoms with E-state index >= 15 is 0 Å². The SMILES string of the molecule is O=C(N[C@H](CO)c1ccccc1)c1cc[nH]c(=O)c1. The number of carbonyl (C=O) groups excluding carboxylic acids is 1. The van der Waals surface area contributed by atoms with Crippen LogP contribution in [0.3, 0.4) is 0 Å². The van der Waals surface area contributed by atoms with Gasteiger partial charge in [-0.3, -0.25) is 9.59 Å². The predicted molar refractivity (Wildman–Crippen MR) is 70.8 cm³/mol. The molecule has 3 N–H and O–H groups in total. The van der Waals surface area contributed by atoms with Crippen LogP contribution in [0.25, 0.3) is 0 Å². The molecular weight excluding hydrogens is 244 g/mol. The van der Waals surface area contributed by atoms with Crippen molar-refractivity contribution in [2.75, 3.05) is 6.61 Å². The molecule has 5 nitrogen and oxygen atoms in total. The highest BCUT2D eigenvalue weighted by molar-refractivity contribution is 5.94. The van der Waals surface area contributed by atoms with E-state index in [-0.39, 0.29) is 17.7 Å². The molecule has 19 heavy (non-hydrogen) atoms. The third kappa shape index (κ3) is 3.29. The summed E-state index contributed by atoms with van der Waals surface area (Å²) in [6.45, 7) is -0.209. The summed E-state index contributed by atoms with van der Waals surface area (Å²) in [7, 11) is 0. The number of aliphatic hydroxyl groups is 1. The molecule has 0 aliphatic carbocycles. The maximum atomic E-state index is 12.0. The molecule has 0 bridgehead atoms. The van der Waals surface area contributed by atoms with Crippen LogP contribution in [0.15, 0.2) is 53.5 Å². The van der Waals surface area contributed by atoms with Gasteiger partial charge in [-0.05, 0) is 11.6 Å². The second-order valence-corrected chi connectivity index (χ2v) is 4.06. The zero-order valence-corrected chi connectivity index (χ0v) is 10.2. The van der Waals surface area contributed by atoms with E-state index in [4.69, 9.17) is 0 Å². The molecule has 1 aromatic carbocycles. The summed E-state index contributed by atoms with van der Waals surface area (Å²) in [6.07, 6.45) is 1.41. The van der Waals surface area contributed by atoms with Crippen LogP contribution in [-0.2, 0) is 0 Å². The molecule has 2 rings (SSSR count). The lowest BCUT2D eigenvalue weighted by molar-refractivity contribution is 0.0916. The van der Waals surface area contributed by atoms with E-state index in [1.165, 1.54) is 18.3 Å². The van der Waals surface area contributed by atoms with E-state index in [1.54, 1.807) is 0 Å². The Morgan fingerprint density at radius 2 is 2.00 bits per heavy atom. The summed E-state index contributed by atoms with van der Waals surface area (Å²) in [4.78, 5) is 25.5. The number of H-pyrrole nitrogens is 1. The number of pyridine rings is 1. The van der Waals surface area contributed by atoms with Crippen LogP contribution < -0.4 is 10.9 Å². The zero-order valence-electron chi connectivity index (χ0n) is 10.2. The Labute approximate surface area is 109 Å². The summed E-state index contributed by atoms with van der Waals surface area (Å²) in [5, 5.41) is 12.0. The van der Waals surface area contributed by atoms with Crippen molar-refractivity contribution in [1.29, 1.82) is 0 Å². The molecule has 0 unspecified atom stereocenters. The maximum absolute atomic E-state index is 12.0. The molecule has 0 aliphatic heterocycles. The van der Waals surface area contributed by atoms with Crippen molar-refractivity contribution in [3.63, 3.8) is 0 Å². The molecule has 0 spiro atoms. The van der Waals surface area contributed by atoms with Crippen molar-refractivity contribution in [1.82, 2.24) is 10.3 Å². The molecule has 1 atom stereocenters. The molecule has 0 fully saturated rings. The molecule has 0 saturated heterocycles. The number of hydrogen-bond donors (Lipinski definition) is 3. The molecule has 98 valence electrons. The number of aromatic nitrogens is 1. The zero-order chi connectivity index (χ0) is 13.7. The van der Waals surface area contributed by atoms with Crippen LogP contribution in [0, 0.1) is 0 Å². The van der Waals surface area contributed by atoms with Gasteiger partial charge in [0, 0.05) is 17.8 Å². The maximum Gasteiger partial charge on any atom is 0.252 e. The van der Waals surface area contributed by atoms with E-state index in [1.807, 2.05) is 30.3 Å². The normalized spacial score (nSPS) is 11.8. The van der Waals surface area contributed by atoms with E-state index in [2.05, 4.69) is 10.3 Å². The molecule has 2 aromatic rings. The number of nitrogens with one attached hydrogen (secondary N) is 2. The third-order valence-electron chi connectivity index (χ3n) is 2.73. The number of amides is 1. The van der Waals surface area contributed by atoms with Crippen LogP contribution in [0.4, 0.5) is 0 Å². The van der Waals surface area contributed by atoms with Gasteiger partial charge in [-0.15, -0.1) is 0 Å². The Morgan fingerprint density at radius 1 is 1.26 bits per heavy atom. The van der Waals surface area contributed by atoms with E-state index in [9.17, 15) is 14.7 Å². The quantitative estimate of drug-likeness (QED) is 0.760. The highest BCUT2D eigenvalue weighted by atomic mass is 16.3. The summed E-state index contributed by atoms with van der Waals surface area (Å²) >= 11 is 0. The molecule has 1 aromatic heterocycles. The van der Waals surface area contributed by atoms with Gasteiger partial charge in [0.05, 0.1) is 12.6 Å². The van der Waals surface area contributed by atoms with Crippen molar-refractivity contribution in [3.05, 3.63) is 70.1 Å². The lowest BCUT2D eigenvalue weighted by atomic mass is 10.1. The van der Waals surface area contributed by atoms with Crippen LogP contribution in [-0.4, -0.2) is 22.6 Å². The van der Waals surface area contributed by atoms with Gasteiger partial charge in [-0.1, -0.05) is 30.3 Å². The van der Waals surface area contributed by atoms with Crippen LogP contribution in [0.1, 0.15) is 22.0 Å².